The van der Waals surface area contributed by atoms with E-state index in [1.165, 1.54) is 4.90 Å². The lowest BCUT2D eigenvalue weighted by Gasteiger charge is -2.10. The second-order valence-corrected chi connectivity index (χ2v) is 4.74. The lowest BCUT2D eigenvalue weighted by Crippen LogP contribution is -1.93. The molecule has 2 rings (SSSR count). The molecule has 0 saturated heterocycles. The van der Waals surface area contributed by atoms with Crippen molar-refractivity contribution in [3.8, 4) is 0 Å². The van der Waals surface area contributed by atoms with E-state index in [1.807, 2.05) is 42.5 Å². The molecule has 1 nitrogen and oxygen atoms in total. The van der Waals surface area contributed by atoms with E-state index < -0.39 is 6.10 Å². The molecule has 0 bridgehead atoms. The van der Waals surface area contributed by atoms with E-state index in [2.05, 4.69) is 12.1 Å². The van der Waals surface area contributed by atoms with Crippen molar-refractivity contribution < 1.29 is 5.11 Å². The summed E-state index contributed by atoms with van der Waals surface area (Å²) in [5, 5.41) is 9.67. The van der Waals surface area contributed by atoms with Gasteiger partial charge in [-0.1, -0.05) is 48.2 Å². The van der Waals surface area contributed by atoms with Crippen LogP contribution in [-0.4, -0.2) is 5.11 Å². The number of hydrogen-bond donors (Lipinski definition) is 1. The average Bonchev–Trinajstić information content (AvgIpc) is 2.31. The monoisotopic (exact) mass is 230 g/mol. The minimum absolute atomic E-state index is 0.424. The highest BCUT2D eigenvalue weighted by Gasteiger charge is 2.07. The van der Waals surface area contributed by atoms with Crippen molar-refractivity contribution in [3.63, 3.8) is 0 Å². The Hall–Kier alpha value is -1.25. The zero-order valence-corrected chi connectivity index (χ0v) is 9.95. The van der Waals surface area contributed by atoms with Gasteiger partial charge in [-0.2, -0.15) is 0 Å². The molecule has 0 amide bonds. The first-order chi connectivity index (χ1) is 7.77. The molecule has 0 aliphatic heterocycles. The minimum Gasteiger partial charge on any atom is -0.389 e. The van der Waals surface area contributed by atoms with Crippen molar-refractivity contribution in [2.75, 3.05) is 0 Å². The van der Waals surface area contributed by atoms with Gasteiger partial charge in [0.1, 0.15) is 0 Å². The Morgan fingerprint density at radius 1 is 0.938 bits per heavy atom. The van der Waals surface area contributed by atoms with Gasteiger partial charge in [-0.15, -0.1) is 0 Å². The first kappa shape index (κ1) is 11.2. The van der Waals surface area contributed by atoms with Crippen LogP contribution in [0, 0.1) is 0 Å². The van der Waals surface area contributed by atoms with Crippen LogP contribution in [0.5, 0.6) is 0 Å². The highest BCUT2D eigenvalue weighted by atomic mass is 32.2. The quantitative estimate of drug-likeness (QED) is 0.863. The summed E-state index contributed by atoms with van der Waals surface area (Å²) >= 11 is 1.68. The molecular weight excluding hydrogens is 216 g/mol. The lowest BCUT2D eigenvalue weighted by molar-refractivity contribution is 0.196. The summed E-state index contributed by atoms with van der Waals surface area (Å²) < 4.78 is 0. The molecule has 0 radical (unpaired) electrons. The van der Waals surface area contributed by atoms with Crippen molar-refractivity contribution >= 4 is 11.8 Å². The smallest absolute Gasteiger partial charge is 0.0772 e. The van der Waals surface area contributed by atoms with E-state index >= 15 is 0 Å². The maximum Gasteiger partial charge on any atom is 0.0772 e. The van der Waals surface area contributed by atoms with Crippen LogP contribution < -0.4 is 0 Å². The van der Waals surface area contributed by atoms with Crippen LogP contribution in [0.15, 0.2) is 64.4 Å². The molecular formula is C14H14OS. The summed E-state index contributed by atoms with van der Waals surface area (Å²) in [6.45, 7) is 1.80. The Morgan fingerprint density at radius 2 is 1.56 bits per heavy atom. The zero-order chi connectivity index (χ0) is 11.4. The topological polar surface area (TPSA) is 20.2 Å². The summed E-state index contributed by atoms with van der Waals surface area (Å²) in [7, 11) is 0. The highest BCUT2D eigenvalue weighted by molar-refractivity contribution is 7.99. The van der Waals surface area contributed by atoms with Crippen LogP contribution in [0.2, 0.25) is 0 Å². The molecule has 0 aliphatic rings. The molecule has 0 aliphatic carbocycles. The maximum atomic E-state index is 9.67. The van der Waals surface area contributed by atoms with Crippen molar-refractivity contribution in [3.05, 3.63) is 60.2 Å². The summed E-state index contributed by atoms with van der Waals surface area (Å²) in [6, 6.07) is 18.2. The lowest BCUT2D eigenvalue weighted by atomic mass is 10.1. The number of aliphatic hydroxyl groups is 1. The Kier molecular flexibility index (Phi) is 3.65. The van der Waals surface area contributed by atoms with Gasteiger partial charge in [0.05, 0.1) is 6.10 Å². The summed E-state index contributed by atoms with van der Waals surface area (Å²) in [4.78, 5) is 2.30. The van der Waals surface area contributed by atoms with E-state index in [0.717, 1.165) is 10.5 Å². The fourth-order valence-corrected chi connectivity index (χ4v) is 2.58. The SMILES string of the molecule is C[C@@H](O)c1ccccc1Sc1ccccc1. The Morgan fingerprint density at radius 3 is 2.25 bits per heavy atom. The van der Waals surface area contributed by atoms with E-state index in [0.29, 0.717) is 0 Å². The molecule has 0 spiro atoms. The molecule has 0 unspecified atom stereocenters. The van der Waals surface area contributed by atoms with Crippen LogP contribution in [-0.2, 0) is 0 Å². The van der Waals surface area contributed by atoms with Gasteiger partial charge in [-0.25, -0.2) is 0 Å². The number of hydrogen-bond acceptors (Lipinski definition) is 2. The van der Waals surface area contributed by atoms with Gasteiger partial charge in [-0.3, -0.25) is 0 Å². The number of rotatable bonds is 3. The Balaban J connectivity index is 2.28. The van der Waals surface area contributed by atoms with Crippen molar-refractivity contribution in [2.45, 2.75) is 22.8 Å². The van der Waals surface area contributed by atoms with Gasteiger partial charge in [-0.05, 0) is 30.7 Å². The van der Waals surface area contributed by atoms with Crippen molar-refractivity contribution in [2.24, 2.45) is 0 Å². The molecule has 16 heavy (non-hydrogen) atoms. The predicted octanol–water partition coefficient (Wildman–Crippen LogP) is 3.89. The number of aliphatic hydroxyl groups excluding tert-OH is 1. The molecule has 2 heteroatoms. The molecule has 0 fully saturated rings. The first-order valence-corrected chi connectivity index (χ1v) is 6.09. The Bertz CT molecular complexity index is 451. The van der Waals surface area contributed by atoms with Gasteiger partial charge in [0.25, 0.3) is 0 Å². The van der Waals surface area contributed by atoms with E-state index in [1.54, 1.807) is 18.7 Å². The normalized spacial score (nSPS) is 12.4. The fraction of sp³-hybridized carbons (Fsp3) is 0.143. The molecule has 0 saturated carbocycles. The Labute approximate surface area is 100 Å². The van der Waals surface area contributed by atoms with Crippen molar-refractivity contribution in [1.82, 2.24) is 0 Å². The zero-order valence-electron chi connectivity index (χ0n) is 9.13. The predicted molar refractivity (Wildman–Crippen MR) is 67.6 cm³/mol. The van der Waals surface area contributed by atoms with Crippen LogP contribution in [0.25, 0.3) is 0 Å². The summed E-state index contributed by atoms with van der Waals surface area (Å²) in [5.41, 5.74) is 0.983. The highest BCUT2D eigenvalue weighted by Crippen LogP contribution is 2.32. The number of benzene rings is 2. The molecule has 1 atom stereocenters. The third-order valence-electron chi connectivity index (χ3n) is 2.34. The molecule has 1 N–H and O–H groups in total. The molecule has 2 aromatic carbocycles. The summed E-state index contributed by atoms with van der Waals surface area (Å²) in [5.74, 6) is 0. The van der Waals surface area contributed by atoms with E-state index in [-0.39, 0.29) is 0 Å². The molecule has 0 aromatic heterocycles. The van der Waals surface area contributed by atoms with E-state index in [4.69, 9.17) is 0 Å². The second kappa shape index (κ2) is 5.19. The maximum absolute atomic E-state index is 9.67. The van der Waals surface area contributed by atoms with Crippen LogP contribution in [0.1, 0.15) is 18.6 Å². The minimum atomic E-state index is -0.424. The van der Waals surface area contributed by atoms with Crippen LogP contribution in [0.3, 0.4) is 0 Å². The van der Waals surface area contributed by atoms with E-state index in [9.17, 15) is 5.11 Å². The second-order valence-electron chi connectivity index (χ2n) is 3.63. The molecule has 2 aromatic rings. The van der Waals surface area contributed by atoms with Gasteiger partial charge < -0.3 is 5.11 Å². The average molecular weight is 230 g/mol. The fourth-order valence-electron chi connectivity index (χ4n) is 1.53. The first-order valence-electron chi connectivity index (χ1n) is 5.27. The van der Waals surface area contributed by atoms with Gasteiger partial charge in [0.2, 0.25) is 0 Å². The van der Waals surface area contributed by atoms with Gasteiger partial charge in [0.15, 0.2) is 0 Å². The van der Waals surface area contributed by atoms with Gasteiger partial charge >= 0.3 is 0 Å². The third-order valence-corrected chi connectivity index (χ3v) is 3.44. The standard InChI is InChI=1S/C14H14OS/c1-11(15)13-9-5-6-10-14(13)16-12-7-3-2-4-8-12/h2-11,15H,1H3/t11-/m1/s1. The molecule has 82 valence electrons. The molecule has 0 heterocycles. The largest absolute Gasteiger partial charge is 0.389 e. The summed E-state index contributed by atoms with van der Waals surface area (Å²) in [6.07, 6.45) is -0.424. The van der Waals surface area contributed by atoms with Crippen LogP contribution >= 0.6 is 11.8 Å². The van der Waals surface area contributed by atoms with Crippen LogP contribution in [0.4, 0.5) is 0 Å². The van der Waals surface area contributed by atoms with Crippen molar-refractivity contribution in [1.29, 1.82) is 0 Å². The van der Waals surface area contributed by atoms with Gasteiger partial charge in [0, 0.05) is 9.79 Å². The third kappa shape index (κ3) is 2.65.